The van der Waals surface area contributed by atoms with Crippen molar-refractivity contribution in [3.8, 4) is 0 Å². The van der Waals surface area contributed by atoms with Crippen LogP contribution >= 0.6 is 11.3 Å². The molecule has 1 unspecified atom stereocenters. The first-order valence-corrected chi connectivity index (χ1v) is 11.0. The van der Waals surface area contributed by atoms with Gasteiger partial charge in [0.15, 0.2) is 5.43 Å². The van der Waals surface area contributed by atoms with Crippen molar-refractivity contribution < 1.29 is 0 Å². The van der Waals surface area contributed by atoms with Crippen LogP contribution in [0.5, 0.6) is 0 Å². The molecule has 0 spiro atoms. The summed E-state index contributed by atoms with van der Waals surface area (Å²) in [6.07, 6.45) is 4.09. The van der Waals surface area contributed by atoms with Crippen molar-refractivity contribution in [1.82, 2.24) is 9.80 Å². The lowest BCUT2D eigenvalue weighted by Gasteiger charge is -2.43. The predicted molar refractivity (Wildman–Crippen MR) is 117 cm³/mol. The maximum absolute atomic E-state index is 13.0. The van der Waals surface area contributed by atoms with Crippen molar-refractivity contribution in [2.24, 2.45) is 0 Å². The standard InChI is InChI=1S/C23H28N2OS/c1-3-12-24-13-7-14-25(22(24)4-2)16-17-10-11-21-19(15-17)23(26)18-8-5-6-9-20(18)27-21/h5-6,8-11,15,22H,3-4,7,12-14,16H2,1-2H3. The molecule has 1 atom stereocenters. The molecule has 0 bridgehead atoms. The zero-order valence-corrected chi connectivity index (χ0v) is 17.1. The number of hydrogen-bond donors (Lipinski definition) is 0. The van der Waals surface area contributed by atoms with E-state index in [1.807, 2.05) is 24.3 Å². The molecule has 0 radical (unpaired) electrons. The zero-order chi connectivity index (χ0) is 18.8. The maximum atomic E-state index is 13.0. The molecule has 1 aliphatic rings. The summed E-state index contributed by atoms with van der Waals surface area (Å²) in [6, 6.07) is 14.4. The second-order valence-corrected chi connectivity index (χ2v) is 8.59. The second kappa shape index (κ2) is 8.09. The fourth-order valence-electron chi connectivity index (χ4n) is 4.44. The van der Waals surface area contributed by atoms with E-state index in [1.54, 1.807) is 11.3 Å². The van der Waals surface area contributed by atoms with Crippen LogP contribution in [-0.2, 0) is 6.54 Å². The van der Waals surface area contributed by atoms with Crippen molar-refractivity contribution in [1.29, 1.82) is 0 Å². The van der Waals surface area contributed by atoms with Gasteiger partial charge in [0.05, 0.1) is 6.17 Å². The summed E-state index contributed by atoms with van der Waals surface area (Å²) < 4.78 is 2.15. The molecule has 1 saturated heterocycles. The first kappa shape index (κ1) is 18.6. The van der Waals surface area contributed by atoms with Gasteiger partial charge in [0.1, 0.15) is 0 Å². The highest BCUT2D eigenvalue weighted by Gasteiger charge is 2.27. The molecule has 1 aliphatic heterocycles. The van der Waals surface area contributed by atoms with E-state index in [-0.39, 0.29) is 5.43 Å². The number of benzene rings is 2. The van der Waals surface area contributed by atoms with Crippen LogP contribution < -0.4 is 5.43 Å². The third-order valence-electron chi connectivity index (χ3n) is 5.64. The highest BCUT2D eigenvalue weighted by atomic mass is 32.1. The summed E-state index contributed by atoms with van der Waals surface area (Å²) in [7, 11) is 0. The number of nitrogens with zero attached hydrogens (tertiary/aromatic N) is 2. The number of fused-ring (bicyclic) bond motifs is 2. The van der Waals surface area contributed by atoms with Crippen LogP contribution in [0.25, 0.3) is 20.2 Å². The topological polar surface area (TPSA) is 23.6 Å². The van der Waals surface area contributed by atoms with Crippen LogP contribution in [0, 0.1) is 0 Å². The van der Waals surface area contributed by atoms with Gasteiger partial charge in [-0.1, -0.05) is 32.0 Å². The van der Waals surface area contributed by atoms with E-state index in [0.717, 1.165) is 39.7 Å². The van der Waals surface area contributed by atoms with Crippen molar-refractivity contribution in [2.75, 3.05) is 19.6 Å². The summed E-state index contributed by atoms with van der Waals surface area (Å²) in [5.41, 5.74) is 1.42. The summed E-state index contributed by atoms with van der Waals surface area (Å²) in [4.78, 5) is 18.2. The third-order valence-corrected chi connectivity index (χ3v) is 6.79. The predicted octanol–water partition coefficient (Wildman–Crippen LogP) is 5.07. The van der Waals surface area contributed by atoms with Crippen LogP contribution in [-0.4, -0.2) is 35.6 Å². The molecular formula is C23H28N2OS. The van der Waals surface area contributed by atoms with Crippen molar-refractivity contribution in [3.05, 3.63) is 58.3 Å². The van der Waals surface area contributed by atoms with Crippen LogP contribution in [0.3, 0.4) is 0 Å². The van der Waals surface area contributed by atoms with E-state index < -0.39 is 0 Å². The van der Waals surface area contributed by atoms with E-state index in [1.165, 1.54) is 31.5 Å². The third kappa shape index (κ3) is 3.66. The monoisotopic (exact) mass is 380 g/mol. The SMILES string of the molecule is CCCN1CCCN(Cc2ccc3sc4ccccc4c(=O)c3c2)C1CC. The molecule has 3 nitrogen and oxygen atoms in total. The lowest BCUT2D eigenvalue weighted by Crippen LogP contribution is -2.53. The van der Waals surface area contributed by atoms with Gasteiger partial charge in [0.25, 0.3) is 0 Å². The highest BCUT2D eigenvalue weighted by molar-refractivity contribution is 7.24. The maximum Gasteiger partial charge on any atom is 0.195 e. The number of rotatable bonds is 5. The lowest BCUT2D eigenvalue weighted by atomic mass is 10.1. The molecule has 4 heteroatoms. The Morgan fingerprint density at radius 2 is 1.78 bits per heavy atom. The minimum Gasteiger partial charge on any atom is -0.289 e. The van der Waals surface area contributed by atoms with Gasteiger partial charge in [-0.2, -0.15) is 0 Å². The van der Waals surface area contributed by atoms with Crippen LogP contribution in [0.1, 0.15) is 38.7 Å². The molecule has 0 aliphatic carbocycles. The van der Waals surface area contributed by atoms with Gasteiger partial charge in [-0.05, 0) is 55.6 Å². The van der Waals surface area contributed by atoms with Crippen LogP contribution in [0.4, 0.5) is 0 Å². The number of hydrogen-bond acceptors (Lipinski definition) is 4. The minimum absolute atomic E-state index is 0.166. The summed E-state index contributed by atoms with van der Waals surface area (Å²) in [5, 5.41) is 1.71. The van der Waals surface area contributed by atoms with Gasteiger partial charge in [-0.3, -0.25) is 14.6 Å². The minimum atomic E-state index is 0.166. The Hall–Kier alpha value is -1.75. The Labute approximate surface area is 165 Å². The molecule has 2 heterocycles. The average molecular weight is 381 g/mol. The smallest absolute Gasteiger partial charge is 0.195 e. The van der Waals surface area contributed by atoms with Crippen molar-refractivity contribution in [2.45, 2.75) is 45.8 Å². The van der Waals surface area contributed by atoms with Gasteiger partial charge in [-0.15, -0.1) is 11.3 Å². The summed E-state index contributed by atoms with van der Waals surface area (Å²) >= 11 is 1.71. The van der Waals surface area contributed by atoms with E-state index in [4.69, 9.17) is 0 Å². The molecule has 0 amide bonds. The first-order chi connectivity index (χ1) is 13.2. The molecule has 1 fully saturated rings. The van der Waals surface area contributed by atoms with Gasteiger partial charge < -0.3 is 0 Å². The molecule has 2 aromatic carbocycles. The van der Waals surface area contributed by atoms with Gasteiger partial charge >= 0.3 is 0 Å². The Morgan fingerprint density at radius 3 is 2.59 bits per heavy atom. The lowest BCUT2D eigenvalue weighted by molar-refractivity contribution is -0.00362. The van der Waals surface area contributed by atoms with E-state index in [0.29, 0.717) is 6.17 Å². The van der Waals surface area contributed by atoms with Crippen molar-refractivity contribution >= 4 is 31.5 Å². The van der Waals surface area contributed by atoms with E-state index >= 15 is 0 Å². The van der Waals surface area contributed by atoms with E-state index in [9.17, 15) is 4.79 Å². The molecule has 3 aromatic rings. The first-order valence-electron chi connectivity index (χ1n) is 10.1. The zero-order valence-electron chi connectivity index (χ0n) is 16.3. The molecule has 1 aromatic heterocycles. The van der Waals surface area contributed by atoms with Gasteiger partial charge in [0.2, 0.25) is 0 Å². The molecular weight excluding hydrogens is 352 g/mol. The van der Waals surface area contributed by atoms with Crippen LogP contribution in [0.2, 0.25) is 0 Å². The van der Waals surface area contributed by atoms with Crippen molar-refractivity contribution in [3.63, 3.8) is 0 Å². The second-order valence-electron chi connectivity index (χ2n) is 7.51. The fourth-order valence-corrected chi connectivity index (χ4v) is 5.49. The van der Waals surface area contributed by atoms with Crippen LogP contribution in [0.15, 0.2) is 47.3 Å². The molecule has 0 saturated carbocycles. The quantitative estimate of drug-likeness (QED) is 0.578. The van der Waals surface area contributed by atoms with Gasteiger partial charge in [-0.25, -0.2) is 0 Å². The fraction of sp³-hybridized carbons (Fsp3) is 0.435. The average Bonchev–Trinajstić information content (AvgIpc) is 2.69. The Bertz CT molecular complexity index is 994. The molecule has 0 N–H and O–H groups in total. The Balaban J connectivity index is 1.66. The Morgan fingerprint density at radius 1 is 1.00 bits per heavy atom. The van der Waals surface area contributed by atoms with E-state index in [2.05, 4.69) is 41.8 Å². The highest BCUT2D eigenvalue weighted by Crippen LogP contribution is 2.26. The molecule has 4 rings (SSSR count). The largest absolute Gasteiger partial charge is 0.289 e. The summed E-state index contributed by atoms with van der Waals surface area (Å²) in [6.45, 7) is 8.99. The van der Waals surface area contributed by atoms with Gasteiger partial charge in [0, 0.05) is 39.8 Å². The Kier molecular flexibility index (Phi) is 5.58. The molecule has 27 heavy (non-hydrogen) atoms. The molecule has 142 valence electrons. The normalized spacial score (nSPS) is 19.1. The summed E-state index contributed by atoms with van der Waals surface area (Å²) in [5.74, 6) is 0.